The Morgan fingerprint density at radius 1 is 0.483 bits per heavy atom. The van der Waals surface area contributed by atoms with E-state index >= 15 is 0 Å². The van der Waals surface area contributed by atoms with Crippen molar-refractivity contribution >= 4 is 33.3 Å². The van der Waals surface area contributed by atoms with E-state index in [0.717, 1.165) is 36.3 Å². The second kappa shape index (κ2) is 13.6. The first-order chi connectivity index (χ1) is 13.7. The lowest BCUT2D eigenvalue weighted by Crippen LogP contribution is -2.57. The van der Waals surface area contributed by atoms with E-state index in [0.29, 0.717) is 0 Å². The molecule has 0 radical (unpaired) electrons. The number of hydrogen-bond donors (Lipinski definition) is 0. The molecule has 0 bridgehead atoms. The monoisotopic (exact) mass is 472 g/mol. The average Bonchev–Trinajstić information content (AvgIpc) is 2.78. The van der Waals surface area contributed by atoms with Crippen LogP contribution in [-0.2, 0) is 8.23 Å². The van der Waals surface area contributed by atoms with E-state index in [1.165, 1.54) is 18.1 Å². The van der Waals surface area contributed by atoms with E-state index in [1.54, 1.807) is 0 Å². The van der Waals surface area contributed by atoms with Crippen LogP contribution >= 0.6 is 0 Å². The van der Waals surface area contributed by atoms with Crippen molar-refractivity contribution in [3.63, 3.8) is 0 Å². The molecule has 0 aliphatic carbocycles. The summed E-state index contributed by atoms with van der Waals surface area (Å²) in [6.45, 7) is 23.3. The van der Waals surface area contributed by atoms with Crippen molar-refractivity contribution in [3.8, 4) is 0 Å². The van der Waals surface area contributed by atoms with Crippen molar-refractivity contribution in [2.45, 2.75) is 124 Å². The van der Waals surface area contributed by atoms with Crippen molar-refractivity contribution in [3.05, 3.63) is 23.2 Å². The van der Waals surface area contributed by atoms with Gasteiger partial charge in [0.05, 0.1) is 8.07 Å². The molecule has 0 fully saturated rings. The summed E-state index contributed by atoms with van der Waals surface area (Å²) in [5, 5.41) is 0. The van der Waals surface area contributed by atoms with Crippen LogP contribution in [0.15, 0.2) is 23.2 Å². The highest BCUT2D eigenvalue weighted by Crippen LogP contribution is 2.35. The van der Waals surface area contributed by atoms with Crippen LogP contribution < -0.4 is 0 Å². The van der Waals surface area contributed by atoms with Crippen molar-refractivity contribution in [1.29, 1.82) is 0 Å². The quantitative estimate of drug-likeness (QED) is 0.209. The lowest BCUT2D eigenvalue weighted by molar-refractivity contribution is 0.370. The molecule has 0 rings (SSSR count). The molecule has 0 atom stereocenters. The number of hydrogen-bond acceptors (Lipinski definition) is 2. The molecule has 0 heterocycles. The van der Waals surface area contributed by atoms with Crippen molar-refractivity contribution in [2.24, 2.45) is 0 Å². The maximum absolute atomic E-state index is 7.35. The maximum atomic E-state index is 7.35. The van der Waals surface area contributed by atoms with Gasteiger partial charge in [0.2, 0.25) is 16.6 Å². The summed E-state index contributed by atoms with van der Waals surface area (Å²) in [6, 6.07) is 10.8. The standard InChI is InChI=1S/C23H52O2Si4/c1-11-21-27(15-5,16-6)24-29(19-9,20-10)25-28(17-7,18-8)23-22-26(12-2,13-3)14-4/h11,21-23H,12-20H2,1-10H3. The first-order valence-corrected chi connectivity index (χ1v) is 22.2. The van der Waals surface area contributed by atoms with Gasteiger partial charge in [-0.05, 0) is 43.2 Å². The summed E-state index contributed by atoms with van der Waals surface area (Å²) in [5.74, 6) is 0. The van der Waals surface area contributed by atoms with Gasteiger partial charge < -0.3 is 8.23 Å². The third-order valence-corrected chi connectivity index (χ3v) is 27.9. The van der Waals surface area contributed by atoms with E-state index in [9.17, 15) is 0 Å². The first kappa shape index (κ1) is 29.3. The van der Waals surface area contributed by atoms with Gasteiger partial charge in [-0.1, -0.05) is 104 Å². The zero-order chi connectivity index (χ0) is 22.6. The zero-order valence-corrected chi connectivity index (χ0v) is 25.5. The second-order valence-corrected chi connectivity index (χ2v) is 26.4. The normalized spacial score (nSPS) is 14.4. The van der Waals surface area contributed by atoms with Crippen LogP contribution in [0.4, 0.5) is 0 Å². The number of allylic oxidation sites excluding steroid dienone is 1. The van der Waals surface area contributed by atoms with E-state index in [-0.39, 0.29) is 0 Å². The molecule has 0 aromatic rings. The minimum Gasteiger partial charge on any atom is -0.432 e. The highest BCUT2D eigenvalue weighted by atomic mass is 28.5. The summed E-state index contributed by atoms with van der Waals surface area (Å²) in [4.78, 5) is 0. The molecule has 0 aliphatic heterocycles. The molecular weight excluding hydrogens is 421 g/mol. The third kappa shape index (κ3) is 7.72. The van der Waals surface area contributed by atoms with Gasteiger partial charge in [-0.2, -0.15) is 0 Å². The minimum absolute atomic E-state index is 1.07. The van der Waals surface area contributed by atoms with Crippen molar-refractivity contribution < 1.29 is 8.23 Å². The van der Waals surface area contributed by atoms with Gasteiger partial charge in [0.25, 0.3) is 0 Å². The fourth-order valence-corrected chi connectivity index (χ4v) is 23.9. The fraction of sp³-hybridized carbons (Fsp3) is 0.826. The molecule has 0 unspecified atom stereocenters. The molecule has 6 heteroatoms. The van der Waals surface area contributed by atoms with Crippen LogP contribution in [0.5, 0.6) is 0 Å². The van der Waals surface area contributed by atoms with E-state index in [1.807, 2.05) is 0 Å². The number of rotatable bonds is 16. The van der Waals surface area contributed by atoms with Gasteiger partial charge in [-0.25, -0.2) is 0 Å². The van der Waals surface area contributed by atoms with Gasteiger partial charge in [0, 0.05) is 0 Å². The van der Waals surface area contributed by atoms with Crippen LogP contribution in [0.2, 0.25) is 54.4 Å². The topological polar surface area (TPSA) is 18.5 Å². The molecule has 0 saturated heterocycles. The second-order valence-electron chi connectivity index (χ2n) is 8.62. The summed E-state index contributed by atoms with van der Waals surface area (Å²) >= 11 is 0. The minimum atomic E-state index is -2.23. The molecule has 29 heavy (non-hydrogen) atoms. The summed E-state index contributed by atoms with van der Waals surface area (Å²) in [5.41, 5.74) is 7.74. The molecule has 0 amide bonds. The Balaban J connectivity index is 6.10. The predicted octanol–water partition coefficient (Wildman–Crippen LogP) is 8.73. The Kier molecular flexibility index (Phi) is 13.8. The Labute approximate surface area is 188 Å². The predicted molar refractivity (Wildman–Crippen MR) is 143 cm³/mol. The highest BCUT2D eigenvalue weighted by molar-refractivity contribution is 6.94. The molecule has 172 valence electrons. The lowest BCUT2D eigenvalue weighted by Gasteiger charge is -2.44. The molecular formula is C23H52O2Si4. The van der Waals surface area contributed by atoms with Gasteiger partial charge in [-0.3, -0.25) is 0 Å². The Hall–Kier alpha value is 0.268. The molecule has 2 nitrogen and oxygen atoms in total. The largest absolute Gasteiger partial charge is 0.432 e. The van der Waals surface area contributed by atoms with Crippen LogP contribution in [0, 0.1) is 0 Å². The molecule has 0 aromatic heterocycles. The smallest absolute Gasteiger partial charge is 0.317 e. The fourth-order valence-electron chi connectivity index (χ4n) is 4.36. The average molecular weight is 473 g/mol. The van der Waals surface area contributed by atoms with Gasteiger partial charge >= 0.3 is 8.56 Å². The molecule has 0 aromatic carbocycles. The highest BCUT2D eigenvalue weighted by Gasteiger charge is 2.47. The molecule has 0 N–H and O–H groups in total. The van der Waals surface area contributed by atoms with E-state index in [2.05, 4.69) is 92.4 Å². The third-order valence-electron chi connectivity index (χ3n) is 7.57. The Morgan fingerprint density at radius 2 is 0.862 bits per heavy atom. The van der Waals surface area contributed by atoms with Crippen LogP contribution in [0.25, 0.3) is 0 Å². The summed E-state index contributed by atoms with van der Waals surface area (Å²) < 4.78 is 14.6. The van der Waals surface area contributed by atoms with Crippen molar-refractivity contribution in [2.75, 3.05) is 0 Å². The first-order valence-electron chi connectivity index (χ1n) is 12.5. The Bertz CT molecular complexity index is 481. The van der Waals surface area contributed by atoms with Gasteiger partial charge in [0.1, 0.15) is 0 Å². The maximum Gasteiger partial charge on any atom is 0.317 e. The van der Waals surface area contributed by atoms with Gasteiger partial charge in [-0.15, -0.1) is 0 Å². The zero-order valence-electron chi connectivity index (χ0n) is 21.5. The summed E-state index contributed by atoms with van der Waals surface area (Å²) in [7, 11) is -7.31. The van der Waals surface area contributed by atoms with Crippen LogP contribution in [-0.4, -0.2) is 33.3 Å². The molecule has 0 aliphatic rings. The van der Waals surface area contributed by atoms with E-state index < -0.39 is 33.3 Å². The molecule has 0 saturated carbocycles. The Morgan fingerprint density at radius 3 is 1.14 bits per heavy atom. The molecule has 0 spiro atoms. The summed E-state index contributed by atoms with van der Waals surface area (Å²) in [6.07, 6.45) is 2.22. The van der Waals surface area contributed by atoms with Crippen molar-refractivity contribution in [1.82, 2.24) is 0 Å². The SMILES string of the molecule is CC=C[Si](CC)(CC)O[Si](CC)(CC)O[Si](C=C[Si](CC)(CC)CC)(CC)CC. The lowest BCUT2D eigenvalue weighted by atomic mass is 10.8. The van der Waals surface area contributed by atoms with Gasteiger partial charge in [0.15, 0.2) is 0 Å². The van der Waals surface area contributed by atoms with Crippen LogP contribution in [0.3, 0.4) is 0 Å². The van der Waals surface area contributed by atoms with Crippen LogP contribution in [0.1, 0.15) is 69.2 Å². The van der Waals surface area contributed by atoms with E-state index in [4.69, 9.17) is 8.23 Å².